The van der Waals surface area contributed by atoms with Gasteiger partial charge < -0.3 is 9.64 Å². The fourth-order valence-corrected chi connectivity index (χ4v) is 3.90. The normalized spacial score (nSPS) is 14.2. The first kappa shape index (κ1) is 17.5. The number of piperidine rings is 1. The van der Waals surface area contributed by atoms with E-state index in [1.807, 2.05) is 30.3 Å². The highest BCUT2D eigenvalue weighted by Gasteiger charge is 2.22. The SMILES string of the molecule is CCOC(=O)c1cc(-c2ccccc2)sc1NC(=O)N1CCCCC1. The summed E-state index contributed by atoms with van der Waals surface area (Å²) in [5.74, 6) is -0.408. The Kier molecular flexibility index (Phi) is 5.71. The van der Waals surface area contributed by atoms with Crippen molar-refractivity contribution in [3.8, 4) is 10.4 Å². The number of nitrogens with zero attached hydrogens (tertiary/aromatic N) is 1. The van der Waals surface area contributed by atoms with Gasteiger partial charge in [-0.05, 0) is 37.8 Å². The molecule has 132 valence electrons. The van der Waals surface area contributed by atoms with Gasteiger partial charge >= 0.3 is 12.0 Å². The highest BCUT2D eigenvalue weighted by atomic mass is 32.1. The average Bonchev–Trinajstić information content (AvgIpc) is 3.07. The van der Waals surface area contributed by atoms with Crippen LogP contribution in [0.25, 0.3) is 10.4 Å². The molecule has 25 heavy (non-hydrogen) atoms. The molecule has 1 aliphatic heterocycles. The zero-order chi connectivity index (χ0) is 17.6. The van der Waals surface area contributed by atoms with Crippen LogP contribution in [0.4, 0.5) is 9.80 Å². The predicted octanol–water partition coefficient (Wildman–Crippen LogP) is 4.61. The van der Waals surface area contributed by atoms with Crippen molar-refractivity contribution >= 4 is 28.3 Å². The number of benzene rings is 1. The Bertz CT molecular complexity index is 736. The molecule has 2 amide bonds. The summed E-state index contributed by atoms with van der Waals surface area (Å²) in [6.07, 6.45) is 3.21. The number of rotatable bonds is 4. The molecule has 2 aromatic rings. The highest BCUT2D eigenvalue weighted by Crippen LogP contribution is 2.36. The molecule has 0 radical (unpaired) electrons. The number of ether oxygens (including phenoxy) is 1. The Hall–Kier alpha value is -2.34. The smallest absolute Gasteiger partial charge is 0.341 e. The fraction of sp³-hybridized carbons (Fsp3) is 0.368. The number of nitrogens with one attached hydrogen (secondary N) is 1. The molecule has 3 rings (SSSR count). The van der Waals surface area contributed by atoms with Crippen LogP contribution in [0.15, 0.2) is 36.4 Å². The average molecular weight is 358 g/mol. The van der Waals surface area contributed by atoms with Gasteiger partial charge in [0, 0.05) is 18.0 Å². The molecule has 1 fully saturated rings. The molecule has 0 unspecified atom stereocenters. The molecule has 5 nitrogen and oxygen atoms in total. The third kappa shape index (κ3) is 4.20. The van der Waals surface area contributed by atoms with E-state index in [0.717, 1.165) is 42.8 Å². The third-order valence-electron chi connectivity index (χ3n) is 4.15. The number of likely N-dealkylation sites (tertiary alicyclic amines) is 1. The Labute approximate surface area is 151 Å². The predicted molar refractivity (Wildman–Crippen MR) is 100 cm³/mol. The summed E-state index contributed by atoms with van der Waals surface area (Å²) in [5, 5.41) is 3.46. The van der Waals surface area contributed by atoms with Crippen LogP contribution in [-0.4, -0.2) is 36.6 Å². The lowest BCUT2D eigenvalue weighted by Gasteiger charge is -2.26. The molecule has 1 N–H and O–H groups in total. The minimum Gasteiger partial charge on any atom is -0.462 e. The molecule has 0 bridgehead atoms. The van der Waals surface area contributed by atoms with Crippen LogP contribution in [0.2, 0.25) is 0 Å². The van der Waals surface area contributed by atoms with E-state index in [9.17, 15) is 9.59 Å². The molecule has 2 heterocycles. The number of urea groups is 1. The second-order valence-corrected chi connectivity index (χ2v) is 6.97. The van der Waals surface area contributed by atoms with E-state index in [1.165, 1.54) is 11.3 Å². The van der Waals surface area contributed by atoms with Crippen molar-refractivity contribution in [1.82, 2.24) is 4.90 Å². The van der Waals surface area contributed by atoms with E-state index in [0.29, 0.717) is 17.2 Å². The highest BCUT2D eigenvalue weighted by molar-refractivity contribution is 7.20. The molecule has 0 saturated carbocycles. The van der Waals surface area contributed by atoms with E-state index < -0.39 is 5.97 Å². The van der Waals surface area contributed by atoms with Crippen LogP contribution in [0, 0.1) is 0 Å². The number of carbonyl (C=O) groups is 2. The van der Waals surface area contributed by atoms with Crippen molar-refractivity contribution in [2.24, 2.45) is 0 Å². The molecule has 0 spiro atoms. The number of amides is 2. The first-order valence-electron chi connectivity index (χ1n) is 8.61. The van der Waals surface area contributed by atoms with Crippen LogP contribution in [0.3, 0.4) is 0 Å². The van der Waals surface area contributed by atoms with Crippen molar-refractivity contribution in [1.29, 1.82) is 0 Å². The summed E-state index contributed by atoms with van der Waals surface area (Å²) in [6.45, 7) is 3.60. The lowest BCUT2D eigenvalue weighted by Crippen LogP contribution is -2.38. The van der Waals surface area contributed by atoms with Crippen molar-refractivity contribution in [3.63, 3.8) is 0 Å². The quantitative estimate of drug-likeness (QED) is 0.812. The van der Waals surface area contributed by atoms with Gasteiger partial charge in [0.25, 0.3) is 0 Å². The van der Waals surface area contributed by atoms with Crippen LogP contribution in [0.5, 0.6) is 0 Å². The van der Waals surface area contributed by atoms with Crippen molar-refractivity contribution in [2.45, 2.75) is 26.2 Å². The van der Waals surface area contributed by atoms with Crippen molar-refractivity contribution < 1.29 is 14.3 Å². The van der Waals surface area contributed by atoms with E-state index in [-0.39, 0.29) is 6.03 Å². The minimum absolute atomic E-state index is 0.147. The van der Waals surface area contributed by atoms with E-state index in [1.54, 1.807) is 17.9 Å². The summed E-state index contributed by atoms with van der Waals surface area (Å²) >= 11 is 1.40. The Morgan fingerprint density at radius 2 is 1.88 bits per heavy atom. The molecule has 1 aromatic carbocycles. The zero-order valence-electron chi connectivity index (χ0n) is 14.3. The van der Waals surface area contributed by atoms with Gasteiger partial charge in [0.1, 0.15) is 5.00 Å². The molecule has 6 heteroatoms. The molecule has 0 atom stereocenters. The van der Waals surface area contributed by atoms with Gasteiger partial charge in [-0.15, -0.1) is 11.3 Å². The van der Waals surface area contributed by atoms with Gasteiger partial charge in [-0.1, -0.05) is 30.3 Å². The minimum atomic E-state index is -0.408. The second kappa shape index (κ2) is 8.16. The first-order valence-corrected chi connectivity index (χ1v) is 9.43. The van der Waals surface area contributed by atoms with Crippen molar-refractivity contribution in [2.75, 3.05) is 25.0 Å². The number of carbonyl (C=O) groups excluding carboxylic acids is 2. The van der Waals surface area contributed by atoms with Gasteiger partial charge in [-0.2, -0.15) is 0 Å². The molecular formula is C19H22N2O3S. The van der Waals surface area contributed by atoms with E-state index in [2.05, 4.69) is 5.32 Å². The third-order valence-corrected chi connectivity index (χ3v) is 5.25. The Morgan fingerprint density at radius 1 is 1.16 bits per heavy atom. The summed E-state index contributed by atoms with van der Waals surface area (Å²) in [4.78, 5) is 27.5. The van der Waals surface area contributed by atoms with Gasteiger partial charge in [0.15, 0.2) is 0 Å². The van der Waals surface area contributed by atoms with Crippen LogP contribution in [0.1, 0.15) is 36.5 Å². The first-order chi connectivity index (χ1) is 12.2. The summed E-state index contributed by atoms with van der Waals surface area (Å²) in [7, 11) is 0. The second-order valence-electron chi connectivity index (χ2n) is 5.92. The molecule has 0 aliphatic carbocycles. The van der Waals surface area contributed by atoms with Crippen LogP contribution < -0.4 is 5.32 Å². The largest absolute Gasteiger partial charge is 0.462 e. The lowest BCUT2D eigenvalue weighted by atomic mass is 10.1. The number of hydrogen-bond donors (Lipinski definition) is 1. The number of hydrogen-bond acceptors (Lipinski definition) is 4. The van der Waals surface area contributed by atoms with E-state index >= 15 is 0 Å². The zero-order valence-corrected chi connectivity index (χ0v) is 15.1. The maximum absolute atomic E-state index is 12.5. The van der Waals surface area contributed by atoms with Gasteiger partial charge in [0.05, 0.1) is 12.2 Å². The Balaban J connectivity index is 1.86. The maximum Gasteiger partial charge on any atom is 0.341 e. The number of thiophene rings is 1. The summed E-state index contributed by atoms with van der Waals surface area (Å²) < 4.78 is 5.15. The summed E-state index contributed by atoms with van der Waals surface area (Å²) in [5.41, 5.74) is 1.42. The molecule has 1 saturated heterocycles. The van der Waals surface area contributed by atoms with Crippen LogP contribution >= 0.6 is 11.3 Å². The van der Waals surface area contributed by atoms with Crippen LogP contribution in [-0.2, 0) is 4.74 Å². The van der Waals surface area contributed by atoms with Gasteiger partial charge in [-0.25, -0.2) is 9.59 Å². The molecular weight excluding hydrogens is 336 g/mol. The standard InChI is InChI=1S/C19H22N2O3S/c1-2-24-18(22)15-13-16(14-9-5-3-6-10-14)25-17(15)20-19(23)21-11-7-4-8-12-21/h3,5-6,9-10,13H,2,4,7-8,11-12H2,1H3,(H,20,23). The lowest BCUT2D eigenvalue weighted by molar-refractivity contribution is 0.0528. The monoisotopic (exact) mass is 358 g/mol. The fourth-order valence-electron chi connectivity index (χ4n) is 2.86. The summed E-state index contributed by atoms with van der Waals surface area (Å²) in [6, 6.07) is 11.5. The number of esters is 1. The van der Waals surface area contributed by atoms with E-state index in [4.69, 9.17) is 4.74 Å². The number of anilines is 1. The van der Waals surface area contributed by atoms with Crippen molar-refractivity contribution in [3.05, 3.63) is 42.0 Å². The maximum atomic E-state index is 12.5. The van der Waals surface area contributed by atoms with Gasteiger partial charge in [0.2, 0.25) is 0 Å². The molecule has 1 aromatic heterocycles. The van der Waals surface area contributed by atoms with Gasteiger partial charge in [-0.3, -0.25) is 5.32 Å². The topological polar surface area (TPSA) is 58.6 Å². The Morgan fingerprint density at radius 3 is 2.56 bits per heavy atom. The molecule has 1 aliphatic rings.